The van der Waals surface area contributed by atoms with Gasteiger partial charge in [0.15, 0.2) is 0 Å². The molecule has 2 fully saturated rings. The number of aromatic nitrogens is 2. The molecule has 2 heterocycles. The molecule has 7 heteroatoms. The molecule has 1 saturated heterocycles. The van der Waals surface area contributed by atoms with Gasteiger partial charge in [-0.25, -0.2) is 9.97 Å². The molecule has 2 aromatic rings. The highest BCUT2D eigenvalue weighted by molar-refractivity contribution is 5.92. The van der Waals surface area contributed by atoms with Crippen molar-refractivity contribution in [2.45, 2.75) is 63.2 Å². The van der Waals surface area contributed by atoms with E-state index in [0.717, 1.165) is 55.5 Å². The summed E-state index contributed by atoms with van der Waals surface area (Å²) in [6.45, 7) is 5.37. The van der Waals surface area contributed by atoms with E-state index in [4.69, 9.17) is 4.74 Å². The second-order valence-electron chi connectivity index (χ2n) is 9.67. The third-order valence-corrected chi connectivity index (χ3v) is 7.52. The van der Waals surface area contributed by atoms with Crippen LogP contribution in [-0.2, 0) is 15.6 Å². The Labute approximate surface area is 196 Å². The molecule has 1 aliphatic heterocycles. The molecule has 1 saturated carbocycles. The smallest absolute Gasteiger partial charge is 0.269 e. The van der Waals surface area contributed by atoms with Crippen LogP contribution in [0, 0.1) is 6.92 Å². The Morgan fingerprint density at radius 1 is 1.03 bits per heavy atom. The lowest BCUT2D eigenvalue weighted by molar-refractivity contribution is -0.139. The fourth-order valence-electron chi connectivity index (χ4n) is 5.33. The number of aryl methyl sites for hydroxylation is 1. The van der Waals surface area contributed by atoms with Crippen molar-refractivity contribution in [2.24, 2.45) is 0 Å². The number of methoxy groups -OCH3 is 1. The van der Waals surface area contributed by atoms with Crippen molar-refractivity contribution in [3.63, 3.8) is 0 Å². The zero-order valence-corrected chi connectivity index (χ0v) is 20.1. The molecule has 2 aliphatic rings. The molecule has 176 valence electrons. The first-order valence-electron chi connectivity index (χ1n) is 11.8. The maximum absolute atomic E-state index is 13.9. The molecule has 0 bridgehead atoms. The van der Waals surface area contributed by atoms with Crippen LogP contribution >= 0.6 is 0 Å². The van der Waals surface area contributed by atoms with Gasteiger partial charge in [-0.2, -0.15) is 0 Å². The summed E-state index contributed by atoms with van der Waals surface area (Å²) in [5.41, 5.74) is 1.56. The lowest BCUT2D eigenvalue weighted by Gasteiger charge is -2.42. The zero-order valence-electron chi connectivity index (χ0n) is 20.1. The van der Waals surface area contributed by atoms with Gasteiger partial charge >= 0.3 is 0 Å². The van der Waals surface area contributed by atoms with Crippen LogP contribution in [-0.4, -0.2) is 53.9 Å². The third kappa shape index (κ3) is 4.33. The molecule has 0 atom stereocenters. The minimum Gasteiger partial charge on any atom is -0.497 e. The summed E-state index contributed by atoms with van der Waals surface area (Å²) in [6, 6.07) is 9.72. The van der Waals surface area contributed by atoms with Crippen LogP contribution in [0.1, 0.15) is 73.0 Å². The number of benzene rings is 1. The zero-order chi connectivity index (χ0) is 23.6. The van der Waals surface area contributed by atoms with Crippen molar-refractivity contribution in [1.29, 1.82) is 0 Å². The van der Waals surface area contributed by atoms with E-state index in [1.807, 2.05) is 24.0 Å². The summed E-state index contributed by atoms with van der Waals surface area (Å²) in [5.74, 6) is 1.53. The molecule has 7 nitrogen and oxygen atoms in total. The Morgan fingerprint density at radius 2 is 1.67 bits per heavy atom. The molecule has 0 radical (unpaired) electrons. The molecule has 33 heavy (non-hydrogen) atoms. The highest BCUT2D eigenvalue weighted by Crippen LogP contribution is 2.44. The molecule has 1 aliphatic carbocycles. The Balaban J connectivity index is 1.53. The lowest BCUT2D eigenvalue weighted by atomic mass is 9.75. The molecule has 1 aromatic carbocycles. The van der Waals surface area contributed by atoms with E-state index in [0.29, 0.717) is 24.6 Å². The van der Waals surface area contributed by atoms with E-state index in [-0.39, 0.29) is 17.2 Å². The summed E-state index contributed by atoms with van der Waals surface area (Å²) >= 11 is 0. The van der Waals surface area contributed by atoms with Crippen LogP contribution in [0.15, 0.2) is 30.3 Å². The lowest BCUT2D eigenvalue weighted by Crippen LogP contribution is -2.51. The number of nitrogens with one attached hydrogen (secondary N) is 1. The fraction of sp³-hybridized carbons (Fsp3) is 0.538. The Morgan fingerprint density at radius 3 is 2.24 bits per heavy atom. The van der Waals surface area contributed by atoms with E-state index in [2.05, 4.69) is 34.3 Å². The van der Waals surface area contributed by atoms with Crippen molar-refractivity contribution < 1.29 is 14.3 Å². The number of hydrogen-bond donors (Lipinski definition) is 1. The molecule has 1 aromatic heterocycles. The Kier molecular flexibility index (Phi) is 6.41. The summed E-state index contributed by atoms with van der Waals surface area (Å²) in [7, 11) is 3.26. The topological polar surface area (TPSA) is 84.4 Å². The van der Waals surface area contributed by atoms with Gasteiger partial charge in [0.05, 0.1) is 12.5 Å². The molecule has 1 N–H and O–H groups in total. The number of piperidine rings is 1. The van der Waals surface area contributed by atoms with Gasteiger partial charge in [0, 0.05) is 31.2 Å². The van der Waals surface area contributed by atoms with Crippen LogP contribution < -0.4 is 10.1 Å². The van der Waals surface area contributed by atoms with Crippen LogP contribution in [0.4, 0.5) is 0 Å². The Bertz CT molecular complexity index is 1020. The molecular formula is C26H34N4O3. The van der Waals surface area contributed by atoms with Crippen LogP contribution in [0.2, 0.25) is 0 Å². The minimum atomic E-state index is -0.438. The second-order valence-corrected chi connectivity index (χ2v) is 9.67. The van der Waals surface area contributed by atoms with E-state index in [9.17, 15) is 9.59 Å². The second kappa shape index (κ2) is 9.12. The van der Waals surface area contributed by atoms with Crippen molar-refractivity contribution in [2.75, 3.05) is 27.2 Å². The van der Waals surface area contributed by atoms with Gasteiger partial charge in [0.2, 0.25) is 5.91 Å². The number of amides is 2. The number of carbonyl (C=O) groups is 2. The average Bonchev–Trinajstić information content (AvgIpc) is 3.34. The SMILES string of the molecule is CNC(=O)c1cc(C)nc(C2(C)CCN(C(=O)C3(c4ccc(OC)cc4)CCCC3)CC2)n1. The van der Waals surface area contributed by atoms with Gasteiger partial charge < -0.3 is 15.0 Å². The highest BCUT2D eigenvalue weighted by Gasteiger charge is 2.47. The number of likely N-dealkylation sites (tertiary alicyclic amines) is 1. The van der Waals surface area contributed by atoms with Gasteiger partial charge in [-0.3, -0.25) is 9.59 Å². The Hall–Kier alpha value is -2.96. The van der Waals surface area contributed by atoms with Gasteiger partial charge in [0.25, 0.3) is 5.91 Å². The molecule has 4 rings (SSSR count). The first-order chi connectivity index (χ1) is 15.8. The van der Waals surface area contributed by atoms with Gasteiger partial charge in [0.1, 0.15) is 17.3 Å². The molecule has 0 spiro atoms. The number of rotatable bonds is 5. The van der Waals surface area contributed by atoms with Gasteiger partial charge in [-0.15, -0.1) is 0 Å². The predicted octanol–water partition coefficient (Wildman–Crippen LogP) is 3.55. The molecule has 2 amide bonds. The van der Waals surface area contributed by atoms with Crippen LogP contribution in [0.5, 0.6) is 5.75 Å². The van der Waals surface area contributed by atoms with E-state index < -0.39 is 5.41 Å². The van der Waals surface area contributed by atoms with Crippen molar-refractivity contribution >= 4 is 11.8 Å². The van der Waals surface area contributed by atoms with Crippen LogP contribution in [0.3, 0.4) is 0 Å². The quantitative estimate of drug-likeness (QED) is 0.753. The average molecular weight is 451 g/mol. The van der Waals surface area contributed by atoms with E-state index in [1.54, 1.807) is 20.2 Å². The monoisotopic (exact) mass is 450 g/mol. The molecule has 0 unspecified atom stereocenters. The maximum atomic E-state index is 13.9. The number of nitrogens with zero attached hydrogens (tertiary/aromatic N) is 3. The highest BCUT2D eigenvalue weighted by atomic mass is 16.5. The minimum absolute atomic E-state index is 0.208. The van der Waals surface area contributed by atoms with Crippen LogP contribution in [0.25, 0.3) is 0 Å². The van der Waals surface area contributed by atoms with E-state index in [1.165, 1.54) is 0 Å². The third-order valence-electron chi connectivity index (χ3n) is 7.52. The summed E-state index contributed by atoms with van der Waals surface area (Å²) < 4.78 is 5.31. The largest absolute Gasteiger partial charge is 0.497 e. The first-order valence-corrected chi connectivity index (χ1v) is 11.8. The first kappa shape index (κ1) is 23.2. The molecular weight excluding hydrogens is 416 g/mol. The van der Waals surface area contributed by atoms with Crippen molar-refractivity contribution in [1.82, 2.24) is 20.2 Å². The number of hydrogen-bond acceptors (Lipinski definition) is 5. The summed E-state index contributed by atoms with van der Waals surface area (Å²) in [6.07, 6.45) is 5.47. The van der Waals surface area contributed by atoms with Crippen molar-refractivity contribution in [3.8, 4) is 5.75 Å². The van der Waals surface area contributed by atoms with Gasteiger partial charge in [-0.05, 0) is 56.4 Å². The maximum Gasteiger partial charge on any atom is 0.269 e. The number of carbonyl (C=O) groups excluding carboxylic acids is 2. The predicted molar refractivity (Wildman–Crippen MR) is 126 cm³/mol. The van der Waals surface area contributed by atoms with Crippen molar-refractivity contribution in [3.05, 3.63) is 53.1 Å². The van der Waals surface area contributed by atoms with Gasteiger partial charge in [-0.1, -0.05) is 31.9 Å². The summed E-state index contributed by atoms with van der Waals surface area (Å²) in [4.78, 5) is 37.3. The van der Waals surface area contributed by atoms with E-state index >= 15 is 0 Å². The number of ether oxygens (including phenoxy) is 1. The summed E-state index contributed by atoms with van der Waals surface area (Å²) in [5, 5.41) is 2.64. The normalized spacial score (nSPS) is 19.2. The standard InChI is InChI=1S/C26H34N4O3/c1-18-17-21(22(31)27-3)29-23(28-18)25(2)13-15-30(16-14-25)24(32)26(11-5-6-12-26)19-7-9-20(33-4)10-8-19/h7-10,17H,5-6,11-16H2,1-4H3,(H,27,31). The fourth-order valence-corrected chi connectivity index (χ4v) is 5.33.